The smallest absolute Gasteiger partial charge is 0.254 e. The van der Waals surface area contributed by atoms with Crippen LogP contribution in [0, 0.1) is 6.92 Å². The Morgan fingerprint density at radius 2 is 1.90 bits per heavy atom. The molecule has 1 heterocycles. The van der Waals surface area contributed by atoms with Gasteiger partial charge < -0.3 is 4.90 Å². The number of fused-ring (bicyclic) bond motifs is 1. The summed E-state index contributed by atoms with van der Waals surface area (Å²) in [5, 5.41) is 0.954. The molecule has 110 valence electrons. The van der Waals surface area contributed by atoms with Crippen LogP contribution in [-0.4, -0.2) is 28.9 Å². The summed E-state index contributed by atoms with van der Waals surface area (Å²) in [7, 11) is 1.95. The second kappa shape index (κ2) is 5.84. The molecule has 0 N–H and O–H groups in total. The van der Waals surface area contributed by atoms with Crippen LogP contribution in [0.15, 0.2) is 30.3 Å². The molecule has 0 bridgehead atoms. The van der Waals surface area contributed by atoms with Gasteiger partial charge in [0, 0.05) is 24.2 Å². The Morgan fingerprint density at radius 1 is 1.19 bits per heavy atom. The molecule has 0 aliphatic heterocycles. The molecule has 1 aliphatic carbocycles. The predicted octanol–water partition coefficient (Wildman–Crippen LogP) is 3.95. The van der Waals surface area contributed by atoms with Gasteiger partial charge in [-0.2, -0.15) is 0 Å². The van der Waals surface area contributed by atoms with Crippen molar-refractivity contribution in [2.75, 3.05) is 7.05 Å². The van der Waals surface area contributed by atoms with Gasteiger partial charge in [-0.3, -0.25) is 9.78 Å². The van der Waals surface area contributed by atoms with Gasteiger partial charge in [-0.15, -0.1) is 0 Å². The van der Waals surface area contributed by atoms with Crippen LogP contribution in [0.1, 0.15) is 48.2 Å². The highest BCUT2D eigenvalue weighted by Gasteiger charge is 2.24. The lowest BCUT2D eigenvalue weighted by Gasteiger charge is -2.31. The maximum Gasteiger partial charge on any atom is 0.254 e. The Hall–Kier alpha value is -1.90. The van der Waals surface area contributed by atoms with E-state index in [4.69, 9.17) is 0 Å². The summed E-state index contributed by atoms with van der Waals surface area (Å²) < 4.78 is 0. The minimum absolute atomic E-state index is 0.128. The first-order chi connectivity index (χ1) is 10.2. The third-order valence-electron chi connectivity index (χ3n) is 4.52. The van der Waals surface area contributed by atoms with E-state index in [-0.39, 0.29) is 5.91 Å². The quantitative estimate of drug-likeness (QED) is 0.835. The minimum Gasteiger partial charge on any atom is -0.339 e. The molecule has 0 saturated heterocycles. The Labute approximate surface area is 126 Å². The molecule has 1 aromatic heterocycles. The molecule has 1 fully saturated rings. The molecule has 1 amide bonds. The van der Waals surface area contributed by atoms with Crippen molar-refractivity contribution in [3.05, 3.63) is 41.6 Å². The summed E-state index contributed by atoms with van der Waals surface area (Å²) >= 11 is 0. The van der Waals surface area contributed by atoms with E-state index in [1.807, 2.05) is 49.2 Å². The average Bonchev–Trinajstić information content (AvgIpc) is 2.53. The molecule has 3 heteroatoms. The number of hydrogen-bond acceptors (Lipinski definition) is 2. The summed E-state index contributed by atoms with van der Waals surface area (Å²) in [4.78, 5) is 19.4. The number of benzene rings is 1. The van der Waals surface area contributed by atoms with Gasteiger partial charge in [0.25, 0.3) is 5.91 Å². The van der Waals surface area contributed by atoms with E-state index in [9.17, 15) is 4.79 Å². The molecule has 1 saturated carbocycles. The predicted molar refractivity (Wildman–Crippen MR) is 85.4 cm³/mol. The number of rotatable bonds is 2. The van der Waals surface area contributed by atoms with Crippen molar-refractivity contribution in [1.82, 2.24) is 9.88 Å². The maximum atomic E-state index is 12.9. The zero-order valence-electron chi connectivity index (χ0n) is 12.8. The van der Waals surface area contributed by atoms with Gasteiger partial charge in [0.2, 0.25) is 0 Å². The number of aromatic nitrogens is 1. The molecule has 2 aromatic rings. The molecule has 1 aromatic carbocycles. The topological polar surface area (TPSA) is 33.2 Å². The number of para-hydroxylation sites is 1. The number of amides is 1. The summed E-state index contributed by atoms with van der Waals surface area (Å²) in [5.74, 6) is 0.128. The molecule has 0 atom stereocenters. The Balaban J connectivity index is 1.97. The highest BCUT2D eigenvalue weighted by Crippen LogP contribution is 2.25. The first kappa shape index (κ1) is 14.1. The Morgan fingerprint density at radius 3 is 2.67 bits per heavy atom. The molecule has 1 aliphatic rings. The lowest BCUT2D eigenvalue weighted by molar-refractivity contribution is 0.0698. The second-order valence-electron chi connectivity index (χ2n) is 6.04. The van der Waals surface area contributed by atoms with Crippen LogP contribution >= 0.6 is 0 Å². The Kier molecular flexibility index (Phi) is 3.91. The van der Waals surface area contributed by atoms with Crippen LogP contribution in [0.5, 0.6) is 0 Å². The van der Waals surface area contributed by atoms with Crippen molar-refractivity contribution in [1.29, 1.82) is 0 Å². The van der Waals surface area contributed by atoms with Gasteiger partial charge in [0.15, 0.2) is 0 Å². The molecule has 0 spiro atoms. The molecule has 3 rings (SSSR count). The fraction of sp³-hybridized carbons (Fsp3) is 0.444. The van der Waals surface area contributed by atoms with Gasteiger partial charge in [0.05, 0.1) is 11.1 Å². The Bertz CT molecular complexity index is 659. The van der Waals surface area contributed by atoms with Gasteiger partial charge in [-0.25, -0.2) is 0 Å². The summed E-state index contributed by atoms with van der Waals surface area (Å²) in [6, 6.07) is 10.2. The van der Waals surface area contributed by atoms with Crippen LogP contribution in [0.3, 0.4) is 0 Å². The van der Waals surface area contributed by atoms with Crippen molar-refractivity contribution < 1.29 is 4.79 Å². The number of pyridine rings is 1. The van der Waals surface area contributed by atoms with Crippen LogP contribution in [0.2, 0.25) is 0 Å². The molecule has 3 nitrogen and oxygen atoms in total. The zero-order chi connectivity index (χ0) is 14.8. The maximum absolute atomic E-state index is 12.9. The number of aryl methyl sites for hydroxylation is 1. The fourth-order valence-electron chi connectivity index (χ4n) is 3.31. The van der Waals surface area contributed by atoms with Crippen LogP contribution in [0.4, 0.5) is 0 Å². The van der Waals surface area contributed by atoms with Crippen molar-refractivity contribution >= 4 is 16.8 Å². The normalized spacial score (nSPS) is 16.1. The fourth-order valence-corrected chi connectivity index (χ4v) is 3.31. The van der Waals surface area contributed by atoms with Crippen LogP contribution in [-0.2, 0) is 0 Å². The monoisotopic (exact) mass is 282 g/mol. The van der Waals surface area contributed by atoms with Crippen molar-refractivity contribution in [3.8, 4) is 0 Å². The first-order valence-corrected chi connectivity index (χ1v) is 7.80. The standard InChI is InChI=1S/C18H22N2O/c1-13-12-16(15-10-6-7-11-17(15)19-13)18(21)20(2)14-8-4-3-5-9-14/h6-7,10-12,14H,3-5,8-9H2,1-2H3. The van der Waals surface area contributed by atoms with Crippen molar-refractivity contribution in [2.24, 2.45) is 0 Å². The summed E-state index contributed by atoms with van der Waals surface area (Å²) in [5.41, 5.74) is 2.58. The first-order valence-electron chi connectivity index (χ1n) is 7.80. The van der Waals surface area contributed by atoms with E-state index in [0.29, 0.717) is 6.04 Å². The number of carbonyl (C=O) groups excluding carboxylic acids is 1. The van der Waals surface area contributed by atoms with Gasteiger partial charge in [-0.1, -0.05) is 37.5 Å². The summed E-state index contributed by atoms with van der Waals surface area (Å²) in [6.07, 6.45) is 6.03. The van der Waals surface area contributed by atoms with Crippen LogP contribution in [0.25, 0.3) is 10.9 Å². The molecule has 0 radical (unpaired) electrons. The lowest BCUT2D eigenvalue weighted by Crippen LogP contribution is -2.38. The largest absolute Gasteiger partial charge is 0.339 e. The van der Waals surface area contributed by atoms with E-state index in [1.165, 1.54) is 19.3 Å². The highest BCUT2D eigenvalue weighted by molar-refractivity contribution is 6.06. The molecule has 21 heavy (non-hydrogen) atoms. The van der Waals surface area contributed by atoms with E-state index in [0.717, 1.165) is 35.0 Å². The highest BCUT2D eigenvalue weighted by atomic mass is 16.2. The summed E-state index contributed by atoms with van der Waals surface area (Å²) in [6.45, 7) is 1.95. The van der Waals surface area contributed by atoms with Gasteiger partial charge in [-0.05, 0) is 31.9 Å². The number of hydrogen-bond donors (Lipinski definition) is 0. The second-order valence-corrected chi connectivity index (χ2v) is 6.04. The van der Waals surface area contributed by atoms with Crippen molar-refractivity contribution in [2.45, 2.75) is 45.1 Å². The molecule has 0 unspecified atom stereocenters. The molecular formula is C18H22N2O. The number of nitrogens with zero attached hydrogens (tertiary/aromatic N) is 2. The van der Waals surface area contributed by atoms with E-state index in [1.54, 1.807) is 0 Å². The van der Waals surface area contributed by atoms with E-state index >= 15 is 0 Å². The lowest BCUT2D eigenvalue weighted by atomic mass is 9.94. The number of carbonyl (C=O) groups is 1. The van der Waals surface area contributed by atoms with Gasteiger partial charge >= 0.3 is 0 Å². The van der Waals surface area contributed by atoms with Crippen LogP contribution < -0.4 is 0 Å². The third-order valence-corrected chi connectivity index (χ3v) is 4.52. The van der Waals surface area contributed by atoms with E-state index in [2.05, 4.69) is 4.98 Å². The SMILES string of the molecule is Cc1cc(C(=O)N(C)C2CCCCC2)c2ccccc2n1. The van der Waals surface area contributed by atoms with Gasteiger partial charge in [0.1, 0.15) is 0 Å². The minimum atomic E-state index is 0.128. The average molecular weight is 282 g/mol. The molecular weight excluding hydrogens is 260 g/mol. The van der Waals surface area contributed by atoms with Crippen molar-refractivity contribution in [3.63, 3.8) is 0 Å². The third kappa shape index (κ3) is 2.78. The zero-order valence-corrected chi connectivity index (χ0v) is 12.8. The van der Waals surface area contributed by atoms with E-state index < -0.39 is 0 Å².